The maximum Gasteiger partial charge on any atom is 0.124 e. The fraction of sp³-hybridized carbons (Fsp3) is 0.417. The smallest absolute Gasteiger partial charge is 0.124 e. The molecule has 1 aromatic carbocycles. The number of hydrogen-bond donors (Lipinski definition) is 1. The van der Waals surface area contributed by atoms with Crippen molar-refractivity contribution < 1.29 is 4.79 Å². The van der Waals surface area contributed by atoms with E-state index in [-0.39, 0.29) is 5.92 Å². The normalized spacial score (nSPS) is 27.1. The Morgan fingerprint density at radius 1 is 1.29 bits per heavy atom. The van der Waals surface area contributed by atoms with Gasteiger partial charge in [-0.05, 0) is 24.4 Å². The van der Waals surface area contributed by atoms with E-state index >= 15 is 0 Å². The van der Waals surface area contributed by atoms with E-state index in [1.54, 1.807) is 0 Å². The topological polar surface area (TPSA) is 29.1 Å². The lowest BCUT2D eigenvalue weighted by Gasteiger charge is -2.28. The molecule has 0 bridgehead atoms. The highest BCUT2D eigenvalue weighted by molar-refractivity contribution is 5.56. The summed E-state index contributed by atoms with van der Waals surface area (Å²) in [6.07, 6.45) is 2.15. The molecule has 2 atom stereocenters. The van der Waals surface area contributed by atoms with Gasteiger partial charge in [0, 0.05) is 12.5 Å². The summed E-state index contributed by atoms with van der Waals surface area (Å²) in [4.78, 5) is 10.9. The molecule has 1 aromatic rings. The highest BCUT2D eigenvalue weighted by Crippen LogP contribution is 2.28. The summed E-state index contributed by atoms with van der Waals surface area (Å²) in [5.41, 5.74) is 1.30. The van der Waals surface area contributed by atoms with Gasteiger partial charge in [0.1, 0.15) is 6.29 Å². The molecular formula is C12H15NO. The molecular weight excluding hydrogens is 174 g/mol. The number of carbonyl (C=O) groups excluding carboxylic acids is 1. The number of carbonyl (C=O) groups is 1. The predicted molar refractivity (Wildman–Crippen MR) is 56.2 cm³/mol. The van der Waals surface area contributed by atoms with E-state index < -0.39 is 0 Å². The van der Waals surface area contributed by atoms with Crippen molar-refractivity contribution in [3.05, 3.63) is 35.9 Å². The maximum atomic E-state index is 10.9. The van der Waals surface area contributed by atoms with E-state index in [1.165, 1.54) is 5.56 Å². The Hall–Kier alpha value is -1.15. The molecule has 0 aromatic heterocycles. The Morgan fingerprint density at radius 2 is 2.07 bits per heavy atom. The van der Waals surface area contributed by atoms with Crippen LogP contribution in [0.15, 0.2) is 30.3 Å². The van der Waals surface area contributed by atoms with Crippen molar-refractivity contribution in [3.63, 3.8) is 0 Å². The van der Waals surface area contributed by atoms with Crippen molar-refractivity contribution in [2.75, 3.05) is 13.1 Å². The molecule has 1 N–H and O–H groups in total. The Labute approximate surface area is 84.3 Å². The van der Waals surface area contributed by atoms with Crippen LogP contribution in [0, 0.1) is 5.92 Å². The van der Waals surface area contributed by atoms with Gasteiger partial charge in [-0.25, -0.2) is 0 Å². The lowest BCUT2D eigenvalue weighted by Crippen LogP contribution is -2.36. The van der Waals surface area contributed by atoms with Crippen LogP contribution in [-0.2, 0) is 4.79 Å². The van der Waals surface area contributed by atoms with Crippen molar-refractivity contribution in [3.8, 4) is 0 Å². The predicted octanol–water partition coefficient (Wildman–Crippen LogP) is 1.58. The van der Waals surface area contributed by atoms with Gasteiger partial charge >= 0.3 is 0 Å². The summed E-state index contributed by atoms with van der Waals surface area (Å²) in [5, 5.41) is 3.25. The van der Waals surface area contributed by atoms with Crippen LogP contribution in [0.3, 0.4) is 0 Å². The van der Waals surface area contributed by atoms with Gasteiger partial charge in [0.05, 0.1) is 0 Å². The Bertz CT molecular complexity index is 296. The summed E-state index contributed by atoms with van der Waals surface area (Å²) < 4.78 is 0. The number of benzene rings is 1. The Morgan fingerprint density at radius 3 is 2.79 bits per heavy atom. The zero-order chi connectivity index (χ0) is 9.80. The minimum Gasteiger partial charge on any atom is -0.316 e. The van der Waals surface area contributed by atoms with Gasteiger partial charge in [-0.1, -0.05) is 30.3 Å². The number of piperidine rings is 1. The van der Waals surface area contributed by atoms with Crippen molar-refractivity contribution in [2.45, 2.75) is 12.3 Å². The van der Waals surface area contributed by atoms with Crippen LogP contribution in [0.5, 0.6) is 0 Å². The van der Waals surface area contributed by atoms with Gasteiger partial charge in [-0.3, -0.25) is 0 Å². The summed E-state index contributed by atoms with van der Waals surface area (Å²) >= 11 is 0. The Kier molecular flexibility index (Phi) is 2.94. The van der Waals surface area contributed by atoms with Crippen molar-refractivity contribution >= 4 is 6.29 Å². The molecule has 1 saturated heterocycles. The molecule has 2 nitrogen and oxygen atoms in total. The summed E-state index contributed by atoms with van der Waals surface area (Å²) in [7, 11) is 0. The van der Waals surface area contributed by atoms with Gasteiger partial charge in [0.2, 0.25) is 0 Å². The van der Waals surface area contributed by atoms with Gasteiger partial charge in [0.15, 0.2) is 0 Å². The zero-order valence-corrected chi connectivity index (χ0v) is 8.15. The van der Waals surface area contributed by atoms with Crippen LogP contribution in [-0.4, -0.2) is 19.4 Å². The first-order valence-electron chi connectivity index (χ1n) is 5.13. The van der Waals surface area contributed by atoms with E-state index in [0.717, 1.165) is 25.8 Å². The number of nitrogens with one attached hydrogen (secondary N) is 1. The second-order valence-electron chi connectivity index (χ2n) is 3.81. The lowest BCUT2D eigenvalue weighted by atomic mass is 9.82. The van der Waals surface area contributed by atoms with Crippen LogP contribution in [0.25, 0.3) is 0 Å². The molecule has 74 valence electrons. The average Bonchev–Trinajstić information content (AvgIpc) is 2.30. The number of aldehydes is 1. The SMILES string of the molecule is O=CC1CNCCC1c1ccccc1. The Balaban J connectivity index is 2.19. The van der Waals surface area contributed by atoms with E-state index in [0.29, 0.717) is 5.92 Å². The van der Waals surface area contributed by atoms with Crippen molar-refractivity contribution in [1.29, 1.82) is 0 Å². The molecule has 1 aliphatic heterocycles. The fourth-order valence-corrected chi connectivity index (χ4v) is 2.14. The molecule has 2 unspecified atom stereocenters. The average molecular weight is 189 g/mol. The van der Waals surface area contributed by atoms with Crippen molar-refractivity contribution in [2.24, 2.45) is 5.92 Å². The third-order valence-corrected chi connectivity index (χ3v) is 2.93. The summed E-state index contributed by atoms with van der Waals surface area (Å²) in [6, 6.07) is 10.3. The quantitative estimate of drug-likeness (QED) is 0.716. The highest BCUT2D eigenvalue weighted by atomic mass is 16.1. The molecule has 0 radical (unpaired) electrons. The third-order valence-electron chi connectivity index (χ3n) is 2.93. The first kappa shape index (κ1) is 9.41. The third kappa shape index (κ3) is 1.85. The van der Waals surface area contributed by atoms with Gasteiger partial charge < -0.3 is 10.1 Å². The number of rotatable bonds is 2. The lowest BCUT2D eigenvalue weighted by molar-refractivity contribution is -0.112. The van der Waals surface area contributed by atoms with E-state index in [4.69, 9.17) is 0 Å². The standard InChI is InChI=1S/C12H15NO/c14-9-11-8-13-7-6-12(11)10-4-2-1-3-5-10/h1-5,9,11-13H,6-8H2. The second kappa shape index (κ2) is 4.38. The molecule has 1 fully saturated rings. The number of hydrogen-bond acceptors (Lipinski definition) is 2. The molecule has 2 rings (SSSR count). The first-order chi connectivity index (χ1) is 6.92. The van der Waals surface area contributed by atoms with Crippen LogP contribution in [0.4, 0.5) is 0 Å². The van der Waals surface area contributed by atoms with Gasteiger partial charge in [-0.15, -0.1) is 0 Å². The molecule has 0 spiro atoms. The van der Waals surface area contributed by atoms with E-state index in [1.807, 2.05) is 18.2 Å². The van der Waals surface area contributed by atoms with E-state index in [2.05, 4.69) is 17.4 Å². The first-order valence-corrected chi connectivity index (χ1v) is 5.13. The maximum absolute atomic E-state index is 10.9. The minimum atomic E-state index is 0.145. The minimum absolute atomic E-state index is 0.145. The van der Waals surface area contributed by atoms with Crippen molar-refractivity contribution in [1.82, 2.24) is 5.32 Å². The highest BCUT2D eigenvalue weighted by Gasteiger charge is 2.25. The molecule has 0 aliphatic carbocycles. The van der Waals surface area contributed by atoms with E-state index in [9.17, 15) is 4.79 Å². The molecule has 1 aliphatic rings. The summed E-state index contributed by atoms with van der Waals surface area (Å²) in [5.74, 6) is 0.557. The largest absolute Gasteiger partial charge is 0.316 e. The summed E-state index contributed by atoms with van der Waals surface area (Å²) in [6.45, 7) is 1.84. The second-order valence-corrected chi connectivity index (χ2v) is 3.81. The zero-order valence-electron chi connectivity index (χ0n) is 8.15. The molecule has 1 heterocycles. The molecule has 0 saturated carbocycles. The molecule has 14 heavy (non-hydrogen) atoms. The fourth-order valence-electron chi connectivity index (χ4n) is 2.14. The molecule has 0 amide bonds. The van der Waals surface area contributed by atoms with Crippen LogP contribution < -0.4 is 5.32 Å². The van der Waals surface area contributed by atoms with Gasteiger partial charge in [0.25, 0.3) is 0 Å². The van der Waals surface area contributed by atoms with Gasteiger partial charge in [-0.2, -0.15) is 0 Å². The van der Waals surface area contributed by atoms with Crippen LogP contribution >= 0.6 is 0 Å². The molecule has 2 heteroatoms. The van der Waals surface area contributed by atoms with Crippen LogP contribution in [0.1, 0.15) is 17.9 Å². The van der Waals surface area contributed by atoms with Crippen LogP contribution in [0.2, 0.25) is 0 Å². The monoisotopic (exact) mass is 189 g/mol.